The monoisotopic (exact) mass is 360 g/mol. The molecule has 132 valence electrons. The van der Waals surface area contributed by atoms with Crippen LogP contribution in [0.5, 0.6) is 5.75 Å². The lowest BCUT2D eigenvalue weighted by molar-refractivity contribution is 0.102. The second kappa shape index (κ2) is 6.85. The number of rotatable bonds is 6. The van der Waals surface area contributed by atoms with Gasteiger partial charge in [0.05, 0.1) is 12.0 Å². The lowest BCUT2D eigenvalue weighted by Crippen LogP contribution is -2.25. The number of amides is 1. The van der Waals surface area contributed by atoms with Gasteiger partial charge < -0.3 is 10.1 Å². The Kier molecular flexibility index (Phi) is 4.78. The van der Waals surface area contributed by atoms with Crippen LogP contribution in [0.4, 0.5) is 5.69 Å². The minimum Gasteiger partial charge on any atom is -0.496 e. The van der Waals surface area contributed by atoms with Crippen LogP contribution in [-0.2, 0) is 10.0 Å². The summed E-state index contributed by atoms with van der Waals surface area (Å²) in [6, 6.07) is 11.3. The van der Waals surface area contributed by atoms with Crippen molar-refractivity contribution in [2.45, 2.75) is 30.7 Å². The predicted molar refractivity (Wildman–Crippen MR) is 95.5 cm³/mol. The topological polar surface area (TPSA) is 84.5 Å². The van der Waals surface area contributed by atoms with Crippen molar-refractivity contribution in [1.29, 1.82) is 0 Å². The first-order chi connectivity index (χ1) is 11.9. The molecule has 0 unspecified atom stereocenters. The van der Waals surface area contributed by atoms with Crippen molar-refractivity contribution < 1.29 is 17.9 Å². The van der Waals surface area contributed by atoms with Gasteiger partial charge >= 0.3 is 0 Å². The minimum atomic E-state index is -3.48. The predicted octanol–water partition coefficient (Wildman–Crippen LogP) is 2.70. The first kappa shape index (κ1) is 17.4. The highest BCUT2D eigenvalue weighted by Gasteiger charge is 2.27. The molecule has 2 N–H and O–H groups in total. The van der Waals surface area contributed by atoms with Crippen molar-refractivity contribution in [2.75, 3.05) is 12.4 Å². The Hall–Kier alpha value is -2.38. The Morgan fingerprint density at radius 2 is 1.80 bits per heavy atom. The van der Waals surface area contributed by atoms with Crippen molar-refractivity contribution in [3.05, 3.63) is 53.6 Å². The minimum absolute atomic E-state index is 0.0580. The molecule has 2 aromatic carbocycles. The lowest BCUT2D eigenvalue weighted by Gasteiger charge is -2.10. The third-order valence-corrected chi connectivity index (χ3v) is 5.52. The van der Waals surface area contributed by atoms with Crippen molar-refractivity contribution in [1.82, 2.24) is 4.72 Å². The van der Waals surface area contributed by atoms with Crippen LogP contribution < -0.4 is 14.8 Å². The molecular weight excluding hydrogens is 340 g/mol. The van der Waals surface area contributed by atoms with Crippen molar-refractivity contribution in [2.24, 2.45) is 0 Å². The number of sulfonamides is 1. The Morgan fingerprint density at radius 3 is 2.36 bits per heavy atom. The van der Waals surface area contributed by atoms with E-state index >= 15 is 0 Å². The molecule has 1 saturated carbocycles. The van der Waals surface area contributed by atoms with E-state index in [4.69, 9.17) is 4.74 Å². The van der Waals surface area contributed by atoms with E-state index in [0.29, 0.717) is 17.0 Å². The zero-order valence-electron chi connectivity index (χ0n) is 14.1. The molecule has 2 aromatic rings. The molecule has 0 aromatic heterocycles. The molecule has 0 spiro atoms. The molecule has 3 rings (SSSR count). The maximum atomic E-state index is 12.3. The Bertz CT molecular complexity index is 888. The Morgan fingerprint density at radius 1 is 1.12 bits per heavy atom. The molecule has 1 aliphatic rings. The number of ether oxygens (including phenoxy) is 1. The van der Waals surface area contributed by atoms with E-state index in [1.165, 1.54) is 12.1 Å². The zero-order valence-corrected chi connectivity index (χ0v) is 14.9. The van der Waals surface area contributed by atoms with Crippen LogP contribution in [0.15, 0.2) is 47.4 Å². The summed E-state index contributed by atoms with van der Waals surface area (Å²) >= 11 is 0. The van der Waals surface area contributed by atoms with Crippen LogP contribution in [0.3, 0.4) is 0 Å². The van der Waals surface area contributed by atoms with Crippen LogP contribution >= 0.6 is 0 Å². The number of anilines is 1. The first-order valence-corrected chi connectivity index (χ1v) is 9.46. The molecule has 0 bridgehead atoms. The fourth-order valence-corrected chi connectivity index (χ4v) is 3.73. The number of methoxy groups -OCH3 is 1. The maximum absolute atomic E-state index is 12.3. The average Bonchev–Trinajstić information content (AvgIpc) is 3.38. The third kappa shape index (κ3) is 4.18. The van der Waals surface area contributed by atoms with E-state index in [-0.39, 0.29) is 16.8 Å². The SMILES string of the molecule is COc1ccc(C(=O)Nc2ccc(S(=O)(=O)NC3CC3)cc2)cc1C. The van der Waals surface area contributed by atoms with E-state index in [1.54, 1.807) is 37.4 Å². The first-order valence-electron chi connectivity index (χ1n) is 7.97. The summed E-state index contributed by atoms with van der Waals surface area (Å²) in [7, 11) is -1.91. The van der Waals surface area contributed by atoms with Gasteiger partial charge in [-0.05, 0) is 67.8 Å². The van der Waals surface area contributed by atoms with E-state index in [2.05, 4.69) is 10.0 Å². The van der Waals surface area contributed by atoms with Gasteiger partial charge in [-0.2, -0.15) is 0 Å². The van der Waals surface area contributed by atoms with Gasteiger partial charge in [0.25, 0.3) is 5.91 Å². The number of carbonyl (C=O) groups is 1. The average molecular weight is 360 g/mol. The molecule has 25 heavy (non-hydrogen) atoms. The van der Waals surface area contributed by atoms with Crippen LogP contribution in [0.2, 0.25) is 0 Å². The van der Waals surface area contributed by atoms with Gasteiger partial charge in [0, 0.05) is 17.3 Å². The van der Waals surface area contributed by atoms with Crippen molar-refractivity contribution in [3.63, 3.8) is 0 Å². The molecule has 0 aliphatic heterocycles. The maximum Gasteiger partial charge on any atom is 0.255 e. The molecule has 7 heteroatoms. The number of nitrogens with one attached hydrogen (secondary N) is 2. The standard InChI is InChI=1S/C18H20N2O4S/c1-12-11-13(3-10-17(12)24-2)18(21)19-14-6-8-16(9-7-14)25(22,23)20-15-4-5-15/h3,6-11,15,20H,4-5H2,1-2H3,(H,19,21). The second-order valence-corrected chi connectivity index (χ2v) is 7.77. The number of hydrogen-bond acceptors (Lipinski definition) is 4. The zero-order chi connectivity index (χ0) is 18.0. The molecular formula is C18H20N2O4S. The highest BCUT2D eigenvalue weighted by atomic mass is 32.2. The van der Waals surface area contributed by atoms with Gasteiger partial charge in [0.2, 0.25) is 10.0 Å². The summed E-state index contributed by atoms with van der Waals surface area (Å²) in [5, 5.41) is 2.76. The van der Waals surface area contributed by atoms with E-state index in [9.17, 15) is 13.2 Å². The van der Waals surface area contributed by atoms with Gasteiger partial charge in [0.1, 0.15) is 5.75 Å². The molecule has 0 radical (unpaired) electrons. The van der Waals surface area contributed by atoms with Gasteiger partial charge in [-0.3, -0.25) is 4.79 Å². The van der Waals surface area contributed by atoms with Crippen LogP contribution in [0.25, 0.3) is 0 Å². The van der Waals surface area contributed by atoms with Gasteiger partial charge in [-0.1, -0.05) is 0 Å². The second-order valence-electron chi connectivity index (χ2n) is 6.06. The summed E-state index contributed by atoms with van der Waals surface area (Å²) in [6.07, 6.45) is 1.77. The largest absolute Gasteiger partial charge is 0.496 e. The number of carbonyl (C=O) groups excluding carboxylic acids is 1. The van der Waals surface area contributed by atoms with Gasteiger partial charge in [0.15, 0.2) is 0 Å². The summed E-state index contributed by atoms with van der Waals surface area (Å²) in [6.45, 7) is 1.86. The third-order valence-electron chi connectivity index (χ3n) is 3.98. The number of hydrogen-bond donors (Lipinski definition) is 2. The Balaban J connectivity index is 1.70. The Labute approximate surface area is 147 Å². The van der Waals surface area contributed by atoms with Crippen molar-refractivity contribution in [3.8, 4) is 5.75 Å². The van der Waals surface area contributed by atoms with Crippen LogP contribution in [0, 0.1) is 6.92 Å². The highest BCUT2D eigenvalue weighted by molar-refractivity contribution is 7.89. The molecule has 0 atom stereocenters. The summed E-state index contributed by atoms with van der Waals surface area (Å²) < 4.78 is 32.1. The summed E-state index contributed by atoms with van der Waals surface area (Å²) in [5.74, 6) is 0.451. The van der Waals surface area contributed by atoms with E-state index in [0.717, 1.165) is 18.4 Å². The quantitative estimate of drug-likeness (QED) is 0.829. The molecule has 1 aliphatic carbocycles. The number of benzene rings is 2. The smallest absolute Gasteiger partial charge is 0.255 e. The molecule has 1 fully saturated rings. The van der Waals surface area contributed by atoms with Crippen LogP contribution in [-0.4, -0.2) is 27.5 Å². The molecule has 0 heterocycles. The highest BCUT2D eigenvalue weighted by Crippen LogP contribution is 2.23. The summed E-state index contributed by atoms with van der Waals surface area (Å²) in [4.78, 5) is 12.5. The van der Waals surface area contributed by atoms with E-state index in [1.807, 2.05) is 6.92 Å². The van der Waals surface area contributed by atoms with Gasteiger partial charge in [-0.25, -0.2) is 13.1 Å². The lowest BCUT2D eigenvalue weighted by atomic mass is 10.1. The van der Waals surface area contributed by atoms with Gasteiger partial charge in [-0.15, -0.1) is 0 Å². The fraction of sp³-hybridized carbons (Fsp3) is 0.278. The van der Waals surface area contributed by atoms with Crippen LogP contribution in [0.1, 0.15) is 28.8 Å². The van der Waals surface area contributed by atoms with E-state index < -0.39 is 10.0 Å². The molecule has 6 nitrogen and oxygen atoms in total. The molecule has 1 amide bonds. The normalized spacial score (nSPS) is 14.2. The fourth-order valence-electron chi connectivity index (χ4n) is 2.43. The van der Waals surface area contributed by atoms with Crippen molar-refractivity contribution >= 4 is 21.6 Å². The molecule has 0 saturated heterocycles. The summed E-state index contributed by atoms with van der Waals surface area (Å²) in [5.41, 5.74) is 1.90. The number of aryl methyl sites for hydroxylation is 1.